The van der Waals surface area contributed by atoms with Crippen LogP contribution in [0.25, 0.3) is 77.9 Å². The molecule has 0 aliphatic heterocycles. The number of hydrogen-bond acceptors (Lipinski definition) is 5. The van der Waals surface area contributed by atoms with Crippen LogP contribution in [-0.2, 0) is 0 Å². The van der Waals surface area contributed by atoms with Crippen molar-refractivity contribution in [3.05, 3.63) is 134 Å². The summed E-state index contributed by atoms with van der Waals surface area (Å²) in [5, 5.41) is 13.6. The molecule has 0 atom stereocenters. The van der Waals surface area contributed by atoms with Gasteiger partial charge in [-0.3, -0.25) is 9.97 Å². The van der Waals surface area contributed by atoms with E-state index in [1.807, 2.05) is 42.7 Å². The zero-order valence-electron chi connectivity index (χ0n) is 22.8. The lowest BCUT2D eigenvalue weighted by atomic mass is 10.1. The second-order valence-corrected chi connectivity index (χ2v) is 10.5. The highest BCUT2D eigenvalue weighted by molar-refractivity contribution is 6.13. The summed E-state index contributed by atoms with van der Waals surface area (Å²) in [6.07, 6.45) is 7.33. The predicted octanol–water partition coefficient (Wildman–Crippen LogP) is 8.39. The van der Waals surface area contributed by atoms with Gasteiger partial charge in [0.05, 0.1) is 51.4 Å². The molecule has 0 radical (unpaired) electrons. The van der Waals surface area contributed by atoms with E-state index in [2.05, 4.69) is 108 Å². The number of nitrogens with zero attached hydrogens (tertiary/aromatic N) is 6. The van der Waals surface area contributed by atoms with Crippen LogP contribution in [0, 0.1) is 0 Å². The van der Waals surface area contributed by atoms with Crippen LogP contribution in [-0.4, -0.2) is 29.3 Å². The first-order valence-electron chi connectivity index (χ1n) is 14.1. The number of para-hydroxylation sites is 3. The molecule has 9 aromatic rings. The molecule has 0 unspecified atom stereocenters. The Morgan fingerprint density at radius 2 is 1.12 bits per heavy atom. The van der Waals surface area contributed by atoms with E-state index in [4.69, 9.17) is 4.42 Å². The maximum absolute atomic E-state index is 6.44. The van der Waals surface area contributed by atoms with E-state index in [9.17, 15) is 0 Å². The molecule has 0 saturated carbocycles. The Labute approximate surface area is 245 Å². The molecule has 0 N–H and O–H groups in total. The molecule has 43 heavy (non-hydrogen) atoms. The van der Waals surface area contributed by atoms with E-state index < -0.39 is 0 Å². The van der Waals surface area contributed by atoms with E-state index in [1.165, 1.54) is 0 Å². The second-order valence-electron chi connectivity index (χ2n) is 10.5. The Balaban J connectivity index is 1.23. The molecule has 0 fully saturated rings. The fourth-order valence-corrected chi connectivity index (χ4v) is 6.26. The van der Waals surface area contributed by atoms with Crippen LogP contribution in [0.3, 0.4) is 0 Å². The van der Waals surface area contributed by atoms with Gasteiger partial charge in [0, 0.05) is 39.5 Å². The molecule has 5 aromatic heterocycles. The predicted molar refractivity (Wildman–Crippen MR) is 169 cm³/mol. The van der Waals surface area contributed by atoms with Crippen molar-refractivity contribution >= 4 is 43.6 Å². The summed E-state index contributed by atoms with van der Waals surface area (Å²) in [5.41, 5.74) is 8.00. The van der Waals surface area contributed by atoms with Crippen LogP contribution in [0.2, 0.25) is 0 Å². The Kier molecular flexibility index (Phi) is 5.06. The van der Waals surface area contributed by atoms with Gasteiger partial charge >= 0.3 is 0 Å². The minimum atomic E-state index is 0.464. The summed E-state index contributed by atoms with van der Waals surface area (Å²) >= 11 is 0. The number of fused-ring (bicyclic) bond motifs is 6. The van der Waals surface area contributed by atoms with E-state index >= 15 is 0 Å². The van der Waals surface area contributed by atoms with Gasteiger partial charge in [-0.1, -0.05) is 48.5 Å². The molecule has 202 valence electrons. The van der Waals surface area contributed by atoms with Crippen molar-refractivity contribution in [2.75, 3.05) is 0 Å². The lowest BCUT2D eigenvalue weighted by Crippen LogP contribution is -1.96. The maximum Gasteiger partial charge on any atom is 0.250 e. The number of pyridine rings is 2. The highest BCUT2D eigenvalue weighted by Crippen LogP contribution is 2.39. The van der Waals surface area contributed by atoms with Gasteiger partial charge in [-0.25, -0.2) is 0 Å². The topological polar surface area (TPSA) is 74.6 Å². The lowest BCUT2D eigenvalue weighted by Gasteiger charge is -2.09. The summed E-state index contributed by atoms with van der Waals surface area (Å²) in [7, 11) is 0. The molecule has 4 aromatic carbocycles. The van der Waals surface area contributed by atoms with Gasteiger partial charge in [-0.2, -0.15) is 0 Å². The molecule has 5 heterocycles. The van der Waals surface area contributed by atoms with Gasteiger partial charge in [0.15, 0.2) is 0 Å². The van der Waals surface area contributed by atoms with Gasteiger partial charge in [0.2, 0.25) is 11.8 Å². The average molecular weight is 555 g/mol. The van der Waals surface area contributed by atoms with E-state index in [1.54, 1.807) is 12.4 Å². The van der Waals surface area contributed by atoms with E-state index in [0.717, 1.165) is 66.1 Å². The van der Waals surface area contributed by atoms with Crippen LogP contribution in [0.4, 0.5) is 0 Å². The first-order chi connectivity index (χ1) is 21.3. The van der Waals surface area contributed by atoms with Crippen LogP contribution >= 0.6 is 0 Å². The molecule has 0 aliphatic carbocycles. The van der Waals surface area contributed by atoms with Crippen molar-refractivity contribution in [3.8, 4) is 34.3 Å². The largest absolute Gasteiger partial charge is 0.416 e. The molecular weight excluding hydrogens is 532 g/mol. The number of hydrogen-bond donors (Lipinski definition) is 0. The second kappa shape index (κ2) is 9.22. The zero-order chi connectivity index (χ0) is 28.3. The number of aromatic nitrogens is 6. The first kappa shape index (κ1) is 23.6. The monoisotopic (exact) mass is 554 g/mol. The molecule has 7 heteroatoms. The first-order valence-corrected chi connectivity index (χ1v) is 14.1. The molecule has 0 aliphatic rings. The van der Waals surface area contributed by atoms with Crippen molar-refractivity contribution in [2.45, 2.75) is 0 Å². The summed E-state index contributed by atoms with van der Waals surface area (Å²) in [6, 6.07) is 37.3. The third-order valence-corrected chi connectivity index (χ3v) is 8.08. The summed E-state index contributed by atoms with van der Waals surface area (Å²) in [5.74, 6) is 0.933. The maximum atomic E-state index is 6.44. The van der Waals surface area contributed by atoms with Crippen LogP contribution < -0.4 is 0 Å². The summed E-state index contributed by atoms with van der Waals surface area (Å²) < 4.78 is 10.9. The quantitative estimate of drug-likeness (QED) is 0.218. The normalized spacial score (nSPS) is 11.7. The van der Waals surface area contributed by atoms with Crippen molar-refractivity contribution < 1.29 is 4.42 Å². The molecule has 0 bridgehead atoms. The molecule has 9 rings (SSSR count). The highest BCUT2D eigenvalue weighted by Gasteiger charge is 2.21. The van der Waals surface area contributed by atoms with Crippen molar-refractivity contribution in [1.82, 2.24) is 29.3 Å². The minimum Gasteiger partial charge on any atom is -0.416 e. The van der Waals surface area contributed by atoms with Crippen molar-refractivity contribution in [1.29, 1.82) is 0 Å². The smallest absolute Gasteiger partial charge is 0.250 e. The van der Waals surface area contributed by atoms with E-state index in [-0.39, 0.29) is 0 Å². The SMILES string of the molecule is c1cncc(-n2c3ccccc3c3cc(-c4nnc(-c5cccc6c7ccccc7n(-c7cccnc7)c56)o4)ccc32)c1. The van der Waals surface area contributed by atoms with E-state index in [0.29, 0.717) is 11.8 Å². The van der Waals surface area contributed by atoms with Crippen LogP contribution in [0.15, 0.2) is 138 Å². The molecule has 7 nitrogen and oxygen atoms in total. The molecule has 0 saturated heterocycles. The number of benzene rings is 4. The molecule has 0 spiro atoms. The Morgan fingerprint density at radius 3 is 1.86 bits per heavy atom. The van der Waals surface area contributed by atoms with Gasteiger partial charge in [0.25, 0.3) is 0 Å². The third-order valence-electron chi connectivity index (χ3n) is 8.08. The zero-order valence-corrected chi connectivity index (χ0v) is 22.8. The third kappa shape index (κ3) is 3.55. The Hall–Kier alpha value is -6.08. The fourth-order valence-electron chi connectivity index (χ4n) is 6.26. The Morgan fingerprint density at radius 1 is 0.488 bits per heavy atom. The lowest BCUT2D eigenvalue weighted by molar-refractivity contribution is 0.585. The van der Waals surface area contributed by atoms with Crippen molar-refractivity contribution in [2.24, 2.45) is 0 Å². The minimum absolute atomic E-state index is 0.464. The van der Waals surface area contributed by atoms with Crippen LogP contribution in [0.5, 0.6) is 0 Å². The number of rotatable bonds is 4. The standard InChI is InChI=1S/C36H22N6O/c1-4-15-32-26(10-1)28-12-5-13-29(34(28)42(32)25-9-7-19-38-22-25)36-40-39-35(43-36)23-16-17-33-30(20-23)27-11-2-3-14-31(27)41(33)24-8-6-18-37-21-24/h1-22H. The van der Waals surface area contributed by atoms with Gasteiger partial charge in [-0.15, -0.1) is 10.2 Å². The van der Waals surface area contributed by atoms with Gasteiger partial charge < -0.3 is 13.6 Å². The molecular formula is C36H22N6O. The Bertz CT molecular complexity index is 2460. The van der Waals surface area contributed by atoms with Gasteiger partial charge in [-0.05, 0) is 60.7 Å². The summed E-state index contributed by atoms with van der Waals surface area (Å²) in [4.78, 5) is 8.74. The van der Waals surface area contributed by atoms with Gasteiger partial charge in [0.1, 0.15) is 0 Å². The highest BCUT2D eigenvalue weighted by atomic mass is 16.4. The van der Waals surface area contributed by atoms with Crippen molar-refractivity contribution in [3.63, 3.8) is 0 Å². The van der Waals surface area contributed by atoms with Crippen LogP contribution in [0.1, 0.15) is 0 Å². The average Bonchev–Trinajstić information content (AvgIpc) is 3.78. The fraction of sp³-hybridized carbons (Fsp3) is 0. The molecule has 0 amide bonds. The summed E-state index contributed by atoms with van der Waals surface area (Å²) in [6.45, 7) is 0.